The van der Waals surface area contributed by atoms with Gasteiger partial charge in [-0.15, -0.1) is 0 Å². The van der Waals surface area contributed by atoms with Crippen LogP contribution in [0.1, 0.15) is 46.9 Å². The van der Waals surface area contributed by atoms with E-state index in [1.807, 2.05) is 36.4 Å². The maximum atomic E-state index is 12.6. The molecule has 0 radical (unpaired) electrons. The van der Waals surface area contributed by atoms with Gasteiger partial charge in [-0.05, 0) is 36.1 Å². The molecule has 9 heteroatoms. The molecule has 0 bridgehead atoms. The molecule has 2 amide bonds. The molecule has 4 rings (SSSR count). The summed E-state index contributed by atoms with van der Waals surface area (Å²) in [5, 5.41) is 18.7. The van der Waals surface area contributed by atoms with E-state index in [0.717, 1.165) is 22.3 Å². The second-order valence-corrected chi connectivity index (χ2v) is 9.18. The Morgan fingerprint density at radius 3 is 2.23 bits per heavy atom. The summed E-state index contributed by atoms with van der Waals surface area (Å²) in [7, 11) is 1.66. The number of nitrogens with zero attached hydrogens (tertiary/aromatic N) is 2. The van der Waals surface area contributed by atoms with Gasteiger partial charge in [0.05, 0.1) is 29.4 Å². The van der Waals surface area contributed by atoms with Crippen molar-refractivity contribution in [1.82, 2.24) is 20.4 Å². The van der Waals surface area contributed by atoms with Crippen LogP contribution in [0.2, 0.25) is 0 Å². The Morgan fingerprint density at radius 2 is 1.63 bits per heavy atom. The van der Waals surface area contributed by atoms with Crippen molar-refractivity contribution in [3.8, 4) is 11.1 Å². The van der Waals surface area contributed by atoms with Crippen LogP contribution in [0.4, 0.5) is 4.79 Å². The number of rotatable bonds is 8. The van der Waals surface area contributed by atoms with E-state index in [4.69, 9.17) is 4.74 Å². The van der Waals surface area contributed by atoms with Gasteiger partial charge in [-0.25, -0.2) is 4.79 Å². The number of carboxylic acids is 1. The summed E-state index contributed by atoms with van der Waals surface area (Å²) in [6.07, 6.45) is 0.782. The Hall–Kier alpha value is -4.14. The standard InChI is InChI=1S/C26H28N4O5/c1-26(2,24(32)33)15-28-23(31)20-12-29-30(3)22(20)13-27-25(34)35-14-21-18-10-6-4-8-16(18)17-9-5-7-11-19(17)21/h4-12,21H,13-15H2,1-3H3,(H,27,34)(H,28,31)(H,32,33). The zero-order valence-electron chi connectivity index (χ0n) is 19.9. The highest BCUT2D eigenvalue weighted by Crippen LogP contribution is 2.44. The van der Waals surface area contributed by atoms with Gasteiger partial charge in [0, 0.05) is 19.5 Å². The van der Waals surface area contributed by atoms with Crippen LogP contribution in [0.15, 0.2) is 54.7 Å². The smallest absolute Gasteiger partial charge is 0.407 e. The lowest BCUT2D eigenvalue weighted by molar-refractivity contribution is -0.146. The largest absolute Gasteiger partial charge is 0.481 e. The number of hydrogen-bond donors (Lipinski definition) is 3. The van der Waals surface area contributed by atoms with Gasteiger partial charge >= 0.3 is 12.1 Å². The van der Waals surface area contributed by atoms with Crippen LogP contribution in [-0.4, -0.2) is 46.0 Å². The fourth-order valence-electron chi connectivity index (χ4n) is 4.14. The minimum Gasteiger partial charge on any atom is -0.481 e. The molecule has 0 saturated carbocycles. The molecule has 3 N–H and O–H groups in total. The number of carboxylic acid groups (broad SMARTS) is 1. The first-order chi connectivity index (χ1) is 16.7. The van der Waals surface area contributed by atoms with Crippen LogP contribution < -0.4 is 10.6 Å². The topological polar surface area (TPSA) is 123 Å². The van der Waals surface area contributed by atoms with Gasteiger partial charge in [0.1, 0.15) is 6.61 Å². The monoisotopic (exact) mass is 476 g/mol. The molecule has 35 heavy (non-hydrogen) atoms. The van der Waals surface area contributed by atoms with Gasteiger partial charge in [0.2, 0.25) is 0 Å². The predicted molar refractivity (Wildman–Crippen MR) is 129 cm³/mol. The number of alkyl carbamates (subject to hydrolysis) is 1. The fraction of sp³-hybridized carbons (Fsp3) is 0.308. The SMILES string of the molecule is Cn1ncc(C(=O)NCC(C)(C)C(=O)O)c1CNC(=O)OCC1c2ccccc2-c2ccccc21. The average Bonchev–Trinajstić information content (AvgIpc) is 3.37. The molecule has 0 aliphatic heterocycles. The number of carbonyl (C=O) groups excluding carboxylic acids is 2. The molecule has 182 valence electrons. The zero-order valence-corrected chi connectivity index (χ0v) is 19.9. The molecule has 9 nitrogen and oxygen atoms in total. The van der Waals surface area contributed by atoms with Crippen LogP contribution in [0, 0.1) is 5.41 Å². The number of hydrogen-bond acceptors (Lipinski definition) is 5. The average molecular weight is 477 g/mol. The number of benzene rings is 2. The molecule has 1 aliphatic carbocycles. The van der Waals surface area contributed by atoms with Crippen molar-refractivity contribution in [1.29, 1.82) is 0 Å². The molecule has 1 heterocycles. The predicted octanol–water partition coefficient (Wildman–Crippen LogP) is 3.30. The number of carbonyl (C=O) groups is 3. The molecule has 0 saturated heterocycles. The minimum atomic E-state index is -1.11. The number of amides is 2. The van der Waals surface area contributed by atoms with Crippen LogP contribution in [-0.2, 0) is 23.1 Å². The van der Waals surface area contributed by atoms with Crippen LogP contribution in [0.5, 0.6) is 0 Å². The summed E-state index contributed by atoms with van der Waals surface area (Å²) in [5.41, 5.74) is 4.16. The molecule has 1 aliphatic rings. The van der Waals surface area contributed by atoms with Gasteiger partial charge in [-0.3, -0.25) is 14.3 Å². The number of nitrogens with one attached hydrogen (secondary N) is 2. The van der Waals surface area contributed by atoms with Crippen LogP contribution >= 0.6 is 0 Å². The highest BCUT2D eigenvalue weighted by Gasteiger charge is 2.30. The third kappa shape index (κ3) is 4.89. The lowest BCUT2D eigenvalue weighted by Crippen LogP contribution is -2.39. The summed E-state index contributed by atoms with van der Waals surface area (Å²) in [5.74, 6) is -1.53. The minimum absolute atomic E-state index is 0.0260. The summed E-state index contributed by atoms with van der Waals surface area (Å²) >= 11 is 0. The third-order valence-corrected chi connectivity index (χ3v) is 6.32. The molecule has 0 unspecified atom stereocenters. The van der Waals surface area contributed by atoms with Gasteiger partial charge in [-0.2, -0.15) is 5.10 Å². The Bertz CT molecular complexity index is 1230. The lowest BCUT2D eigenvalue weighted by atomic mass is 9.94. The first-order valence-electron chi connectivity index (χ1n) is 11.3. The highest BCUT2D eigenvalue weighted by molar-refractivity contribution is 5.95. The van der Waals surface area contributed by atoms with E-state index in [1.54, 1.807) is 7.05 Å². The maximum Gasteiger partial charge on any atom is 0.407 e. The molecule has 0 atom stereocenters. The van der Waals surface area contributed by atoms with Crippen LogP contribution in [0.3, 0.4) is 0 Å². The number of aromatic nitrogens is 2. The molecule has 3 aromatic rings. The summed E-state index contributed by atoms with van der Waals surface area (Å²) in [4.78, 5) is 36.4. The van der Waals surface area contributed by atoms with E-state index in [0.29, 0.717) is 5.69 Å². The third-order valence-electron chi connectivity index (χ3n) is 6.32. The number of aryl methyl sites for hydroxylation is 1. The van der Waals surface area contributed by atoms with Gasteiger partial charge in [0.25, 0.3) is 5.91 Å². The van der Waals surface area contributed by atoms with Crippen LogP contribution in [0.25, 0.3) is 11.1 Å². The molecule has 0 fully saturated rings. The second kappa shape index (κ2) is 9.61. The quantitative estimate of drug-likeness (QED) is 0.459. The number of aliphatic carboxylic acids is 1. The zero-order chi connectivity index (χ0) is 25.2. The second-order valence-electron chi connectivity index (χ2n) is 9.18. The Kier molecular flexibility index (Phi) is 6.59. The first kappa shape index (κ1) is 24.0. The normalized spacial score (nSPS) is 12.5. The Balaban J connectivity index is 1.37. The number of ether oxygens (including phenoxy) is 1. The van der Waals surface area contributed by atoms with Crippen molar-refractivity contribution in [2.75, 3.05) is 13.2 Å². The molecular formula is C26H28N4O5. The van der Waals surface area contributed by atoms with Gasteiger partial charge in [-0.1, -0.05) is 48.5 Å². The van der Waals surface area contributed by atoms with E-state index in [9.17, 15) is 19.5 Å². The molecule has 0 spiro atoms. The van der Waals surface area contributed by atoms with Crippen molar-refractivity contribution in [3.63, 3.8) is 0 Å². The molecular weight excluding hydrogens is 448 g/mol. The van der Waals surface area contributed by atoms with E-state index in [1.165, 1.54) is 24.7 Å². The summed E-state index contributed by atoms with van der Waals surface area (Å²) in [6.45, 7) is 3.22. The summed E-state index contributed by atoms with van der Waals surface area (Å²) in [6, 6.07) is 16.2. The van der Waals surface area contributed by atoms with Crippen molar-refractivity contribution in [3.05, 3.63) is 77.1 Å². The maximum absolute atomic E-state index is 12.6. The van der Waals surface area contributed by atoms with E-state index < -0.39 is 23.4 Å². The van der Waals surface area contributed by atoms with Crippen molar-refractivity contribution in [2.45, 2.75) is 26.3 Å². The molecule has 2 aromatic carbocycles. The van der Waals surface area contributed by atoms with Crippen molar-refractivity contribution >= 4 is 18.0 Å². The Labute approximate surface area is 203 Å². The number of fused-ring (bicyclic) bond motifs is 3. The van der Waals surface area contributed by atoms with Gasteiger partial charge < -0.3 is 20.5 Å². The van der Waals surface area contributed by atoms with E-state index in [2.05, 4.69) is 27.9 Å². The van der Waals surface area contributed by atoms with E-state index in [-0.39, 0.29) is 31.2 Å². The van der Waals surface area contributed by atoms with Gasteiger partial charge in [0.15, 0.2) is 0 Å². The van der Waals surface area contributed by atoms with E-state index >= 15 is 0 Å². The Morgan fingerprint density at radius 1 is 1.03 bits per heavy atom. The summed E-state index contributed by atoms with van der Waals surface area (Å²) < 4.78 is 7.04. The molecule has 1 aromatic heterocycles. The highest BCUT2D eigenvalue weighted by atomic mass is 16.5. The first-order valence-corrected chi connectivity index (χ1v) is 11.3. The lowest BCUT2D eigenvalue weighted by Gasteiger charge is -2.19. The van der Waals surface area contributed by atoms with Crippen molar-refractivity contribution < 1.29 is 24.2 Å². The van der Waals surface area contributed by atoms with Crippen molar-refractivity contribution in [2.24, 2.45) is 12.5 Å². The fourth-order valence-corrected chi connectivity index (χ4v) is 4.14.